The molecule has 0 aromatic heterocycles. The van der Waals surface area contributed by atoms with E-state index in [0.29, 0.717) is 0 Å². The number of carbonyl (C=O) groups is 1. The van der Waals surface area contributed by atoms with Crippen LogP contribution in [-0.2, 0) is 9.53 Å². The van der Waals surface area contributed by atoms with Crippen molar-refractivity contribution in [2.75, 3.05) is 14.2 Å². The van der Waals surface area contributed by atoms with Gasteiger partial charge in [-0.2, -0.15) is 0 Å². The van der Waals surface area contributed by atoms with Crippen molar-refractivity contribution in [3.05, 3.63) is 95.6 Å². The SMILES string of the molecule is COc1ccc(C=N[C@@H](c2ccc(OC)cc2)[C@H](CC(=O)OC(C)(C)C)c2ccccc2)cc1. The third-order valence-electron chi connectivity index (χ3n) is 5.37. The zero-order valence-corrected chi connectivity index (χ0v) is 20.5. The molecule has 178 valence electrons. The van der Waals surface area contributed by atoms with Gasteiger partial charge in [0.1, 0.15) is 17.1 Å². The van der Waals surface area contributed by atoms with E-state index in [4.69, 9.17) is 19.2 Å². The molecule has 0 N–H and O–H groups in total. The normalized spacial score (nSPS) is 13.3. The van der Waals surface area contributed by atoms with Crippen LogP contribution in [0.25, 0.3) is 0 Å². The Bertz CT molecular complexity index is 1070. The van der Waals surface area contributed by atoms with E-state index in [2.05, 4.69) is 0 Å². The minimum Gasteiger partial charge on any atom is -0.497 e. The zero-order chi connectivity index (χ0) is 24.6. The Morgan fingerprint density at radius 3 is 1.91 bits per heavy atom. The van der Waals surface area contributed by atoms with Gasteiger partial charge in [-0.15, -0.1) is 0 Å². The van der Waals surface area contributed by atoms with Crippen molar-refractivity contribution in [1.82, 2.24) is 0 Å². The smallest absolute Gasteiger partial charge is 0.307 e. The molecule has 3 rings (SSSR count). The standard InChI is InChI=1S/C29H33NO4/c1-29(2,3)34-27(31)19-26(22-9-7-6-8-10-22)28(23-13-17-25(33-5)18-14-23)30-20-21-11-15-24(32-4)16-12-21/h6-18,20,26,28H,19H2,1-5H3/t26-,28+/m1/s1. The van der Waals surface area contributed by atoms with Crippen molar-refractivity contribution in [2.24, 2.45) is 4.99 Å². The molecule has 3 aromatic rings. The van der Waals surface area contributed by atoms with Gasteiger partial charge in [-0.3, -0.25) is 9.79 Å². The first-order chi connectivity index (χ1) is 16.3. The lowest BCUT2D eigenvalue weighted by Crippen LogP contribution is -2.26. The number of nitrogens with zero attached hydrogens (tertiary/aromatic N) is 1. The Hall–Kier alpha value is -3.60. The van der Waals surface area contributed by atoms with Gasteiger partial charge in [0.2, 0.25) is 0 Å². The fraction of sp³-hybridized carbons (Fsp3) is 0.310. The van der Waals surface area contributed by atoms with Gasteiger partial charge >= 0.3 is 5.97 Å². The summed E-state index contributed by atoms with van der Waals surface area (Å²) in [6, 6.07) is 25.3. The van der Waals surface area contributed by atoms with Gasteiger partial charge in [0.25, 0.3) is 0 Å². The van der Waals surface area contributed by atoms with Crippen LogP contribution < -0.4 is 9.47 Å². The van der Waals surface area contributed by atoms with Gasteiger partial charge in [0, 0.05) is 12.1 Å². The molecular formula is C29H33NO4. The molecule has 0 heterocycles. The van der Waals surface area contributed by atoms with E-state index in [-0.39, 0.29) is 24.3 Å². The number of rotatable bonds is 9. The van der Waals surface area contributed by atoms with E-state index >= 15 is 0 Å². The molecule has 3 aromatic carbocycles. The molecule has 0 unspecified atom stereocenters. The predicted molar refractivity (Wildman–Crippen MR) is 136 cm³/mol. The minimum absolute atomic E-state index is 0.206. The van der Waals surface area contributed by atoms with E-state index in [9.17, 15) is 4.79 Å². The summed E-state index contributed by atoms with van der Waals surface area (Å²) in [7, 11) is 3.29. The van der Waals surface area contributed by atoms with Crippen LogP contribution in [-0.4, -0.2) is 32.0 Å². The molecule has 0 radical (unpaired) electrons. The first-order valence-electron chi connectivity index (χ1n) is 11.4. The van der Waals surface area contributed by atoms with Crippen molar-refractivity contribution in [3.8, 4) is 11.5 Å². The summed E-state index contributed by atoms with van der Waals surface area (Å²) in [4.78, 5) is 17.9. The quantitative estimate of drug-likeness (QED) is 0.275. The van der Waals surface area contributed by atoms with E-state index < -0.39 is 5.60 Å². The Labute approximate surface area is 202 Å². The fourth-order valence-corrected chi connectivity index (χ4v) is 3.75. The van der Waals surface area contributed by atoms with Gasteiger partial charge in [-0.1, -0.05) is 42.5 Å². The van der Waals surface area contributed by atoms with Crippen molar-refractivity contribution in [3.63, 3.8) is 0 Å². The van der Waals surface area contributed by atoms with E-state index in [0.717, 1.165) is 28.2 Å². The first-order valence-corrected chi connectivity index (χ1v) is 11.4. The molecule has 0 fully saturated rings. The summed E-state index contributed by atoms with van der Waals surface area (Å²) in [6.45, 7) is 5.64. The van der Waals surface area contributed by atoms with E-state index in [1.165, 1.54) is 0 Å². The molecule has 0 saturated heterocycles. The highest BCUT2D eigenvalue weighted by molar-refractivity contribution is 5.80. The van der Waals surface area contributed by atoms with Crippen LogP contribution in [0.15, 0.2) is 83.9 Å². The molecule has 0 aliphatic carbocycles. The lowest BCUT2D eigenvalue weighted by molar-refractivity contribution is -0.155. The second kappa shape index (κ2) is 11.5. The molecule has 5 nitrogen and oxygen atoms in total. The summed E-state index contributed by atoms with van der Waals surface area (Å²) in [5.41, 5.74) is 2.41. The lowest BCUT2D eigenvalue weighted by Gasteiger charge is -2.27. The molecule has 0 bridgehead atoms. The Kier molecular flexibility index (Phi) is 8.47. The maximum Gasteiger partial charge on any atom is 0.307 e. The number of ether oxygens (including phenoxy) is 3. The molecule has 0 spiro atoms. The second-order valence-electron chi connectivity index (χ2n) is 9.08. The summed E-state index contributed by atoms with van der Waals surface area (Å²) in [5.74, 6) is 1.10. The lowest BCUT2D eigenvalue weighted by atomic mass is 9.84. The van der Waals surface area contributed by atoms with Crippen LogP contribution in [0.2, 0.25) is 0 Å². The van der Waals surface area contributed by atoms with Crippen molar-refractivity contribution in [2.45, 2.75) is 44.8 Å². The number of hydrogen-bond donors (Lipinski definition) is 0. The summed E-state index contributed by atoms with van der Waals surface area (Å²) in [6.07, 6.45) is 2.05. The first kappa shape index (κ1) is 25.0. The van der Waals surface area contributed by atoms with Crippen LogP contribution in [0.1, 0.15) is 55.8 Å². The number of methoxy groups -OCH3 is 2. The largest absolute Gasteiger partial charge is 0.497 e. The number of carbonyl (C=O) groups excluding carboxylic acids is 1. The molecule has 0 saturated carbocycles. The monoisotopic (exact) mass is 459 g/mol. The van der Waals surface area contributed by atoms with Crippen LogP contribution in [0, 0.1) is 0 Å². The van der Waals surface area contributed by atoms with Crippen molar-refractivity contribution >= 4 is 12.2 Å². The zero-order valence-electron chi connectivity index (χ0n) is 20.5. The summed E-state index contributed by atoms with van der Waals surface area (Å²) >= 11 is 0. The molecule has 5 heteroatoms. The average Bonchev–Trinajstić information content (AvgIpc) is 2.83. The number of benzene rings is 3. The van der Waals surface area contributed by atoms with Crippen molar-refractivity contribution < 1.29 is 19.0 Å². The molecule has 0 amide bonds. The van der Waals surface area contributed by atoms with Gasteiger partial charge in [0.15, 0.2) is 0 Å². The van der Waals surface area contributed by atoms with Crippen LogP contribution in [0.5, 0.6) is 11.5 Å². The third-order valence-corrected chi connectivity index (χ3v) is 5.37. The van der Waals surface area contributed by atoms with E-state index in [1.807, 2.05) is 106 Å². The summed E-state index contributed by atoms with van der Waals surface area (Å²) in [5, 5.41) is 0. The maximum atomic E-state index is 12.9. The molecule has 0 aliphatic heterocycles. The van der Waals surface area contributed by atoms with Crippen LogP contribution in [0.4, 0.5) is 0 Å². The molecular weight excluding hydrogens is 426 g/mol. The minimum atomic E-state index is -0.555. The highest BCUT2D eigenvalue weighted by Gasteiger charge is 2.29. The van der Waals surface area contributed by atoms with Gasteiger partial charge in [0.05, 0.1) is 26.7 Å². The Balaban J connectivity index is 2.02. The predicted octanol–water partition coefficient (Wildman–Crippen LogP) is 6.38. The van der Waals surface area contributed by atoms with Crippen molar-refractivity contribution in [1.29, 1.82) is 0 Å². The van der Waals surface area contributed by atoms with Gasteiger partial charge in [-0.05, 0) is 73.9 Å². The topological polar surface area (TPSA) is 57.1 Å². The average molecular weight is 460 g/mol. The highest BCUT2D eigenvalue weighted by Crippen LogP contribution is 2.38. The highest BCUT2D eigenvalue weighted by atomic mass is 16.6. The maximum absolute atomic E-state index is 12.9. The Morgan fingerprint density at radius 1 is 0.824 bits per heavy atom. The summed E-state index contributed by atoms with van der Waals surface area (Å²) < 4.78 is 16.3. The van der Waals surface area contributed by atoms with Crippen LogP contribution >= 0.6 is 0 Å². The van der Waals surface area contributed by atoms with Gasteiger partial charge in [-0.25, -0.2) is 0 Å². The van der Waals surface area contributed by atoms with E-state index in [1.54, 1.807) is 14.2 Å². The number of hydrogen-bond acceptors (Lipinski definition) is 5. The van der Waals surface area contributed by atoms with Crippen LogP contribution in [0.3, 0.4) is 0 Å². The molecule has 2 atom stereocenters. The number of esters is 1. The molecule has 34 heavy (non-hydrogen) atoms. The third kappa shape index (κ3) is 7.20. The fourth-order valence-electron chi connectivity index (χ4n) is 3.75. The second-order valence-corrected chi connectivity index (χ2v) is 9.08. The number of aliphatic imine (C=N–C) groups is 1. The van der Waals surface area contributed by atoms with Gasteiger partial charge < -0.3 is 14.2 Å². The Morgan fingerprint density at radius 2 is 1.38 bits per heavy atom. The molecule has 0 aliphatic rings.